The lowest BCUT2D eigenvalue weighted by molar-refractivity contribution is 0.0443. The zero-order valence-electron chi connectivity index (χ0n) is 15.2. The van der Waals surface area contributed by atoms with Gasteiger partial charge in [-0.05, 0) is 24.6 Å². The van der Waals surface area contributed by atoms with Gasteiger partial charge >= 0.3 is 5.97 Å². The van der Waals surface area contributed by atoms with Gasteiger partial charge < -0.3 is 9.47 Å². The van der Waals surface area contributed by atoms with Crippen molar-refractivity contribution in [2.24, 2.45) is 0 Å². The molecule has 1 aromatic heterocycles. The van der Waals surface area contributed by atoms with E-state index in [0.29, 0.717) is 39.5 Å². The average molecular weight is 421 g/mol. The van der Waals surface area contributed by atoms with Gasteiger partial charge in [0.1, 0.15) is 13.2 Å². The molecule has 0 saturated heterocycles. The third kappa shape index (κ3) is 4.29. The molecule has 0 N–H and O–H groups in total. The molecule has 2 aromatic carbocycles. The van der Waals surface area contributed by atoms with Crippen LogP contribution in [0.3, 0.4) is 0 Å². The van der Waals surface area contributed by atoms with E-state index in [2.05, 4.69) is 5.10 Å². The van der Waals surface area contributed by atoms with Crippen molar-refractivity contribution in [3.63, 3.8) is 0 Å². The van der Waals surface area contributed by atoms with Crippen molar-refractivity contribution in [2.75, 3.05) is 13.2 Å². The summed E-state index contributed by atoms with van der Waals surface area (Å²) in [7, 11) is 0. The number of aromatic nitrogens is 2. The lowest BCUT2D eigenvalue weighted by atomic mass is 10.1. The van der Waals surface area contributed by atoms with Crippen LogP contribution in [-0.4, -0.2) is 29.0 Å². The van der Waals surface area contributed by atoms with E-state index in [0.717, 1.165) is 0 Å². The molecule has 3 rings (SSSR count). The van der Waals surface area contributed by atoms with Crippen molar-refractivity contribution < 1.29 is 14.3 Å². The number of nitrogens with zero attached hydrogens (tertiary/aromatic N) is 2. The standard InChI is InChI=1S/C20H18Cl2N2O4/c1-2-10-24-19(25)14-7-4-3-6-13(14)17(23-24)20(26)28-12-11-27-18-15(21)8-5-9-16(18)22/h3-9H,2,10-12H2,1H3. The monoisotopic (exact) mass is 420 g/mol. The first-order chi connectivity index (χ1) is 13.5. The Morgan fingerprint density at radius 2 is 1.71 bits per heavy atom. The molecule has 0 unspecified atom stereocenters. The smallest absolute Gasteiger partial charge is 0.359 e. The van der Waals surface area contributed by atoms with E-state index >= 15 is 0 Å². The van der Waals surface area contributed by atoms with Gasteiger partial charge in [0.25, 0.3) is 5.56 Å². The summed E-state index contributed by atoms with van der Waals surface area (Å²) >= 11 is 12.1. The molecule has 0 spiro atoms. The summed E-state index contributed by atoms with van der Waals surface area (Å²) < 4.78 is 12.1. The number of benzene rings is 2. The van der Waals surface area contributed by atoms with Gasteiger partial charge in [-0.25, -0.2) is 9.48 Å². The molecule has 0 bridgehead atoms. The molecule has 0 aliphatic rings. The second-order valence-corrected chi connectivity index (χ2v) is 6.77. The van der Waals surface area contributed by atoms with Crippen molar-refractivity contribution in [1.82, 2.24) is 9.78 Å². The Morgan fingerprint density at radius 3 is 2.39 bits per heavy atom. The fourth-order valence-corrected chi connectivity index (χ4v) is 3.22. The number of esters is 1. The first-order valence-corrected chi connectivity index (χ1v) is 9.52. The Labute approximate surface area is 171 Å². The van der Waals surface area contributed by atoms with E-state index in [1.54, 1.807) is 42.5 Å². The SMILES string of the molecule is CCCn1nc(C(=O)OCCOc2c(Cl)cccc2Cl)c2ccccc2c1=O. The van der Waals surface area contributed by atoms with E-state index < -0.39 is 5.97 Å². The third-order valence-corrected chi connectivity index (χ3v) is 4.57. The molecule has 28 heavy (non-hydrogen) atoms. The van der Waals surface area contributed by atoms with E-state index in [1.165, 1.54) is 4.68 Å². The summed E-state index contributed by atoms with van der Waals surface area (Å²) in [6.45, 7) is 2.39. The summed E-state index contributed by atoms with van der Waals surface area (Å²) in [5.74, 6) is -0.295. The molecule has 0 fully saturated rings. The topological polar surface area (TPSA) is 70.4 Å². The molecule has 1 heterocycles. The van der Waals surface area contributed by atoms with Crippen LogP contribution in [0.4, 0.5) is 0 Å². The van der Waals surface area contributed by atoms with Crippen LogP contribution >= 0.6 is 23.2 Å². The minimum atomic E-state index is -0.630. The van der Waals surface area contributed by atoms with Gasteiger partial charge in [-0.1, -0.05) is 54.4 Å². The molecule has 8 heteroatoms. The number of para-hydroxylation sites is 1. The molecular formula is C20H18Cl2N2O4. The van der Waals surface area contributed by atoms with Crippen molar-refractivity contribution in [3.8, 4) is 5.75 Å². The lowest BCUT2D eigenvalue weighted by Crippen LogP contribution is -2.26. The number of hydrogen-bond donors (Lipinski definition) is 0. The summed E-state index contributed by atoms with van der Waals surface area (Å²) in [6.07, 6.45) is 0.714. The molecule has 0 atom stereocenters. The first-order valence-electron chi connectivity index (χ1n) is 8.76. The summed E-state index contributed by atoms with van der Waals surface area (Å²) in [6, 6.07) is 11.9. The molecule has 146 valence electrons. The number of ether oxygens (including phenoxy) is 2. The quantitative estimate of drug-likeness (QED) is 0.419. The molecular weight excluding hydrogens is 403 g/mol. The van der Waals surface area contributed by atoms with Crippen LogP contribution in [0.15, 0.2) is 47.3 Å². The summed E-state index contributed by atoms with van der Waals surface area (Å²) in [4.78, 5) is 25.0. The highest BCUT2D eigenvalue weighted by Crippen LogP contribution is 2.32. The highest BCUT2D eigenvalue weighted by atomic mass is 35.5. The number of hydrogen-bond acceptors (Lipinski definition) is 5. The zero-order chi connectivity index (χ0) is 20.1. The second kappa shape index (κ2) is 9.08. The molecule has 0 saturated carbocycles. The Morgan fingerprint density at radius 1 is 1.04 bits per heavy atom. The van der Waals surface area contributed by atoms with Gasteiger partial charge in [0, 0.05) is 11.9 Å². The minimum Gasteiger partial charge on any atom is -0.487 e. The van der Waals surface area contributed by atoms with Gasteiger partial charge in [0.15, 0.2) is 11.4 Å². The van der Waals surface area contributed by atoms with Crippen LogP contribution in [-0.2, 0) is 11.3 Å². The Hall–Kier alpha value is -2.57. The minimum absolute atomic E-state index is 0.0245. The number of fused-ring (bicyclic) bond motifs is 1. The van der Waals surface area contributed by atoms with Crippen molar-refractivity contribution in [1.29, 1.82) is 0 Å². The fourth-order valence-electron chi connectivity index (χ4n) is 2.72. The first kappa shape index (κ1) is 20.2. The van der Waals surface area contributed by atoms with Gasteiger partial charge in [0.05, 0.1) is 15.4 Å². The fraction of sp³-hybridized carbons (Fsp3) is 0.250. The van der Waals surface area contributed by atoms with E-state index in [1.807, 2.05) is 6.92 Å². The predicted octanol–water partition coefficient (Wildman–Crippen LogP) is 4.35. The Balaban J connectivity index is 1.75. The maximum absolute atomic E-state index is 12.6. The van der Waals surface area contributed by atoms with E-state index in [9.17, 15) is 9.59 Å². The highest BCUT2D eigenvalue weighted by molar-refractivity contribution is 6.37. The Kier molecular flexibility index (Phi) is 6.54. The third-order valence-electron chi connectivity index (χ3n) is 3.98. The van der Waals surface area contributed by atoms with Gasteiger partial charge in [-0.3, -0.25) is 4.79 Å². The Bertz CT molecular complexity index is 1050. The zero-order valence-corrected chi connectivity index (χ0v) is 16.7. The van der Waals surface area contributed by atoms with Crippen LogP contribution in [0.2, 0.25) is 10.0 Å². The van der Waals surface area contributed by atoms with Crippen LogP contribution in [0.1, 0.15) is 23.8 Å². The molecule has 3 aromatic rings. The second-order valence-electron chi connectivity index (χ2n) is 5.96. The molecule has 0 aliphatic heterocycles. The van der Waals surface area contributed by atoms with Crippen LogP contribution in [0.25, 0.3) is 10.8 Å². The largest absolute Gasteiger partial charge is 0.487 e. The maximum atomic E-state index is 12.6. The number of carbonyl (C=O) groups excluding carboxylic acids is 1. The van der Waals surface area contributed by atoms with Crippen LogP contribution in [0, 0.1) is 0 Å². The average Bonchev–Trinajstić information content (AvgIpc) is 2.69. The molecule has 0 amide bonds. The van der Waals surface area contributed by atoms with Gasteiger partial charge in [0.2, 0.25) is 0 Å². The maximum Gasteiger partial charge on any atom is 0.359 e. The normalized spacial score (nSPS) is 10.8. The molecule has 0 radical (unpaired) electrons. The summed E-state index contributed by atoms with van der Waals surface area (Å²) in [5.41, 5.74) is -0.134. The van der Waals surface area contributed by atoms with Crippen molar-refractivity contribution >= 4 is 39.9 Å². The van der Waals surface area contributed by atoms with E-state index in [4.69, 9.17) is 32.7 Å². The van der Waals surface area contributed by atoms with Crippen molar-refractivity contribution in [3.05, 3.63) is 68.6 Å². The lowest BCUT2D eigenvalue weighted by Gasteiger charge is -2.12. The van der Waals surface area contributed by atoms with E-state index in [-0.39, 0.29) is 24.5 Å². The summed E-state index contributed by atoms with van der Waals surface area (Å²) in [5, 5.41) is 5.83. The predicted molar refractivity (Wildman–Crippen MR) is 109 cm³/mol. The van der Waals surface area contributed by atoms with Crippen LogP contribution in [0.5, 0.6) is 5.75 Å². The number of aryl methyl sites for hydroxylation is 1. The van der Waals surface area contributed by atoms with Gasteiger partial charge in [-0.15, -0.1) is 0 Å². The van der Waals surface area contributed by atoms with Gasteiger partial charge in [-0.2, -0.15) is 5.10 Å². The van der Waals surface area contributed by atoms with Crippen LogP contribution < -0.4 is 10.3 Å². The molecule has 6 nitrogen and oxygen atoms in total. The number of carbonyl (C=O) groups is 1. The van der Waals surface area contributed by atoms with Crippen molar-refractivity contribution in [2.45, 2.75) is 19.9 Å². The number of halogens is 2. The molecule has 0 aliphatic carbocycles. The highest BCUT2D eigenvalue weighted by Gasteiger charge is 2.18. The number of rotatable bonds is 7.